The number of rotatable bonds is 10. The van der Waals surface area contributed by atoms with Crippen molar-refractivity contribution in [3.8, 4) is 11.5 Å². The molecule has 31 heavy (non-hydrogen) atoms. The molecule has 1 heterocycles. The molecule has 3 rings (SSSR count). The zero-order valence-corrected chi connectivity index (χ0v) is 18.7. The van der Waals surface area contributed by atoms with Gasteiger partial charge in [0.25, 0.3) is 0 Å². The number of aromatic nitrogens is 2. The number of methoxy groups -OCH3 is 1. The van der Waals surface area contributed by atoms with Crippen LogP contribution in [0.2, 0.25) is 0 Å². The number of nitrogens with zero attached hydrogens (tertiary/aromatic N) is 2. The summed E-state index contributed by atoms with van der Waals surface area (Å²) in [4.78, 5) is 16.3. The van der Waals surface area contributed by atoms with E-state index in [4.69, 9.17) is 14.5 Å². The van der Waals surface area contributed by atoms with Crippen LogP contribution in [0.3, 0.4) is 0 Å². The fourth-order valence-electron chi connectivity index (χ4n) is 3.68. The molecule has 0 saturated heterocycles. The second-order valence-electron chi connectivity index (χ2n) is 7.50. The molecule has 0 spiro atoms. The molecule has 0 aliphatic heterocycles. The van der Waals surface area contributed by atoms with E-state index in [2.05, 4.69) is 16.0 Å². The van der Waals surface area contributed by atoms with E-state index < -0.39 is 0 Å². The quantitative estimate of drug-likeness (QED) is 0.461. The van der Waals surface area contributed by atoms with E-state index in [1.807, 2.05) is 62.4 Å². The van der Waals surface area contributed by atoms with Crippen LogP contribution < -0.4 is 14.8 Å². The van der Waals surface area contributed by atoms with E-state index in [1.54, 1.807) is 7.11 Å². The van der Waals surface area contributed by atoms with Crippen molar-refractivity contribution < 1.29 is 14.3 Å². The standard InChI is InChI=1S/C25H31N3O3/c1-5-10-20-13-14-23(24(17-20)30-4)31-16-9-8-15-28-22-12-7-6-11-21(22)27-25(28)18(2)26-19(3)29/h5-7,10-14,17-18H,8-9,15-16H2,1-4H3,(H,26,29)/b10-5+. The summed E-state index contributed by atoms with van der Waals surface area (Å²) in [6.07, 6.45) is 5.84. The predicted octanol–water partition coefficient (Wildman–Crippen LogP) is 5.13. The van der Waals surface area contributed by atoms with E-state index in [-0.39, 0.29) is 11.9 Å². The van der Waals surface area contributed by atoms with Crippen molar-refractivity contribution in [3.05, 3.63) is 59.9 Å². The normalized spacial score (nSPS) is 12.3. The summed E-state index contributed by atoms with van der Waals surface area (Å²) in [5.41, 5.74) is 3.10. The maximum atomic E-state index is 11.5. The van der Waals surface area contributed by atoms with E-state index in [9.17, 15) is 4.79 Å². The Morgan fingerprint density at radius 2 is 2.00 bits per heavy atom. The van der Waals surface area contributed by atoms with Crippen molar-refractivity contribution in [1.82, 2.24) is 14.9 Å². The van der Waals surface area contributed by atoms with Crippen LogP contribution in [0.5, 0.6) is 11.5 Å². The summed E-state index contributed by atoms with van der Waals surface area (Å²) in [6, 6.07) is 13.9. The third-order valence-electron chi connectivity index (χ3n) is 5.07. The van der Waals surface area contributed by atoms with Crippen LogP contribution in [0.25, 0.3) is 17.1 Å². The molecular formula is C25H31N3O3. The molecule has 0 aliphatic rings. The number of ether oxygens (including phenoxy) is 2. The number of hydrogen-bond acceptors (Lipinski definition) is 4. The fraction of sp³-hybridized carbons (Fsp3) is 0.360. The first kappa shape index (κ1) is 22.4. The molecule has 0 aliphatic carbocycles. The highest BCUT2D eigenvalue weighted by atomic mass is 16.5. The molecule has 3 aromatic rings. The summed E-state index contributed by atoms with van der Waals surface area (Å²) < 4.78 is 13.6. The first-order valence-corrected chi connectivity index (χ1v) is 10.7. The minimum atomic E-state index is -0.152. The van der Waals surface area contributed by atoms with Gasteiger partial charge in [0.15, 0.2) is 11.5 Å². The average molecular weight is 422 g/mol. The molecule has 1 atom stereocenters. The van der Waals surface area contributed by atoms with Gasteiger partial charge in [-0.15, -0.1) is 0 Å². The van der Waals surface area contributed by atoms with Gasteiger partial charge < -0.3 is 19.4 Å². The largest absolute Gasteiger partial charge is 0.493 e. The van der Waals surface area contributed by atoms with Gasteiger partial charge in [-0.1, -0.05) is 30.4 Å². The number of allylic oxidation sites excluding steroid dienone is 1. The lowest BCUT2D eigenvalue weighted by Crippen LogP contribution is -2.26. The number of aryl methyl sites for hydroxylation is 1. The van der Waals surface area contributed by atoms with Gasteiger partial charge in [0.2, 0.25) is 5.91 Å². The molecular weight excluding hydrogens is 390 g/mol. The Hall–Kier alpha value is -3.28. The summed E-state index contributed by atoms with van der Waals surface area (Å²) in [5, 5.41) is 2.94. The van der Waals surface area contributed by atoms with Crippen molar-refractivity contribution in [3.63, 3.8) is 0 Å². The lowest BCUT2D eigenvalue weighted by atomic mass is 10.2. The average Bonchev–Trinajstić information content (AvgIpc) is 3.13. The molecule has 0 radical (unpaired) electrons. The number of imidazole rings is 1. The first-order chi connectivity index (χ1) is 15.0. The van der Waals surface area contributed by atoms with Crippen molar-refractivity contribution in [2.45, 2.75) is 46.2 Å². The maximum Gasteiger partial charge on any atom is 0.217 e. The molecule has 1 aromatic heterocycles. The number of hydrogen-bond donors (Lipinski definition) is 1. The topological polar surface area (TPSA) is 65.4 Å². The SMILES string of the molecule is C/C=C/c1ccc(OCCCCn2c(C(C)NC(C)=O)nc3ccccc32)c(OC)c1. The Labute approximate surface area is 183 Å². The van der Waals surface area contributed by atoms with E-state index in [0.29, 0.717) is 6.61 Å². The van der Waals surface area contributed by atoms with Gasteiger partial charge in [-0.2, -0.15) is 0 Å². The number of nitrogens with one attached hydrogen (secondary N) is 1. The van der Waals surface area contributed by atoms with Gasteiger partial charge in [-0.25, -0.2) is 4.98 Å². The molecule has 1 amide bonds. The molecule has 0 fully saturated rings. The van der Waals surface area contributed by atoms with Crippen LogP contribution in [0, 0.1) is 0 Å². The van der Waals surface area contributed by atoms with Crippen molar-refractivity contribution in [2.24, 2.45) is 0 Å². The molecule has 1 unspecified atom stereocenters. The van der Waals surface area contributed by atoms with Gasteiger partial charge in [0, 0.05) is 13.5 Å². The maximum absolute atomic E-state index is 11.5. The summed E-state index contributed by atoms with van der Waals surface area (Å²) in [6.45, 7) is 6.89. The predicted molar refractivity (Wildman–Crippen MR) is 124 cm³/mol. The monoisotopic (exact) mass is 421 g/mol. The molecule has 6 heteroatoms. The molecule has 1 N–H and O–H groups in total. The Kier molecular flexibility index (Phi) is 7.70. The molecule has 0 saturated carbocycles. The Morgan fingerprint density at radius 1 is 1.19 bits per heavy atom. The Balaban J connectivity index is 1.62. The highest BCUT2D eigenvalue weighted by molar-refractivity contribution is 5.77. The number of amides is 1. The third kappa shape index (κ3) is 5.66. The van der Waals surface area contributed by atoms with Crippen molar-refractivity contribution >= 4 is 23.0 Å². The van der Waals surface area contributed by atoms with E-state index in [0.717, 1.165) is 53.3 Å². The van der Waals surface area contributed by atoms with Gasteiger partial charge in [-0.3, -0.25) is 4.79 Å². The minimum Gasteiger partial charge on any atom is -0.493 e. The highest BCUT2D eigenvalue weighted by Gasteiger charge is 2.17. The number of carbonyl (C=O) groups excluding carboxylic acids is 1. The van der Waals surface area contributed by atoms with E-state index >= 15 is 0 Å². The summed E-state index contributed by atoms with van der Waals surface area (Å²) in [5.74, 6) is 2.30. The lowest BCUT2D eigenvalue weighted by molar-refractivity contribution is -0.119. The number of benzene rings is 2. The van der Waals surface area contributed by atoms with Crippen molar-refractivity contribution in [1.29, 1.82) is 0 Å². The van der Waals surface area contributed by atoms with Gasteiger partial charge >= 0.3 is 0 Å². The number of fused-ring (bicyclic) bond motifs is 1. The Morgan fingerprint density at radius 3 is 2.74 bits per heavy atom. The highest BCUT2D eigenvalue weighted by Crippen LogP contribution is 2.29. The summed E-state index contributed by atoms with van der Waals surface area (Å²) >= 11 is 0. The second-order valence-corrected chi connectivity index (χ2v) is 7.50. The van der Waals surface area contributed by atoms with Gasteiger partial charge in [0.05, 0.1) is 30.8 Å². The summed E-state index contributed by atoms with van der Waals surface area (Å²) in [7, 11) is 1.66. The van der Waals surface area contributed by atoms with Gasteiger partial charge in [0.1, 0.15) is 5.82 Å². The van der Waals surface area contributed by atoms with Crippen LogP contribution in [-0.4, -0.2) is 29.2 Å². The van der Waals surface area contributed by atoms with Crippen LogP contribution >= 0.6 is 0 Å². The first-order valence-electron chi connectivity index (χ1n) is 10.7. The second kappa shape index (κ2) is 10.7. The molecule has 0 bridgehead atoms. The minimum absolute atomic E-state index is 0.0612. The zero-order valence-electron chi connectivity index (χ0n) is 18.7. The lowest BCUT2D eigenvalue weighted by Gasteiger charge is -2.16. The molecule has 6 nitrogen and oxygen atoms in total. The van der Waals surface area contributed by atoms with Crippen LogP contribution in [0.1, 0.15) is 51.0 Å². The fourth-order valence-corrected chi connectivity index (χ4v) is 3.68. The number of unbranched alkanes of at least 4 members (excludes halogenated alkanes) is 1. The number of carbonyl (C=O) groups is 1. The van der Waals surface area contributed by atoms with Crippen LogP contribution in [0.15, 0.2) is 48.5 Å². The molecule has 164 valence electrons. The zero-order chi connectivity index (χ0) is 22.2. The van der Waals surface area contributed by atoms with Crippen molar-refractivity contribution in [2.75, 3.05) is 13.7 Å². The van der Waals surface area contributed by atoms with Crippen LogP contribution in [0.4, 0.5) is 0 Å². The smallest absolute Gasteiger partial charge is 0.217 e. The number of para-hydroxylation sites is 2. The van der Waals surface area contributed by atoms with Gasteiger partial charge in [-0.05, 0) is 56.5 Å². The van der Waals surface area contributed by atoms with E-state index in [1.165, 1.54) is 6.92 Å². The molecule has 2 aromatic carbocycles. The third-order valence-corrected chi connectivity index (χ3v) is 5.07. The van der Waals surface area contributed by atoms with Crippen LogP contribution in [-0.2, 0) is 11.3 Å². The Bertz CT molecular complexity index is 1060.